The predicted octanol–water partition coefficient (Wildman–Crippen LogP) is 1.97. The summed E-state index contributed by atoms with van der Waals surface area (Å²) in [6.45, 7) is 10.0. The van der Waals surface area contributed by atoms with Gasteiger partial charge in [-0.15, -0.1) is 11.3 Å². The summed E-state index contributed by atoms with van der Waals surface area (Å²) in [7, 11) is 2.23. The molecule has 2 aliphatic rings. The van der Waals surface area contributed by atoms with Gasteiger partial charge in [0.1, 0.15) is 0 Å². The number of carbonyl (C=O) groups excluding carboxylic acids is 1. The van der Waals surface area contributed by atoms with E-state index in [-0.39, 0.29) is 5.54 Å². The fourth-order valence-corrected chi connectivity index (χ4v) is 4.56. The average molecular weight is 337 g/mol. The molecule has 23 heavy (non-hydrogen) atoms. The summed E-state index contributed by atoms with van der Waals surface area (Å²) < 4.78 is 0. The fraction of sp³-hybridized carbons (Fsp3) is 0.765. The normalized spacial score (nSPS) is 27.6. The number of aromatic nitrogens is 1. The van der Waals surface area contributed by atoms with E-state index < -0.39 is 0 Å². The van der Waals surface area contributed by atoms with Gasteiger partial charge in [-0.3, -0.25) is 14.6 Å². The van der Waals surface area contributed by atoms with Gasteiger partial charge in [0.15, 0.2) is 0 Å². The summed E-state index contributed by atoms with van der Waals surface area (Å²) in [6, 6.07) is 0. The summed E-state index contributed by atoms with van der Waals surface area (Å²) in [5.41, 5.74) is 1.33. The minimum Gasteiger partial charge on any atom is -0.343 e. The number of thiazole rings is 1. The molecule has 0 saturated carbocycles. The molecule has 128 valence electrons. The van der Waals surface area contributed by atoms with Crippen molar-refractivity contribution in [3.63, 3.8) is 0 Å². The number of likely N-dealkylation sites (tertiary alicyclic amines) is 1. The van der Waals surface area contributed by atoms with Crippen molar-refractivity contribution in [2.45, 2.75) is 45.2 Å². The second-order valence-electron chi connectivity index (χ2n) is 6.94. The number of amides is 1. The molecule has 1 aromatic rings. The van der Waals surface area contributed by atoms with Gasteiger partial charge in [0.25, 0.3) is 0 Å². The third kappa shape index (κ3) is 3.59. The van der Waals surface area contributed by atoms with Gasteiger partial charge in [0, 0.05) is 56.6 Å². The van der Waals surface area contributed by atoms with E-state index in [1.54, 1.807) is 11.3 Å². The van der Waals surface area contributed by atoms with Crippen molar-refractivity contribution in [3.05, 3.63) is 16.1 Å². The number of nitrogens with zero attached hydrogens (tertiary/aromatic N) is 4. The summed E-state index contributed by atoms with van der Waals surface area (Å²) in [6.07, 6.45) is 2.74. The highest BCUT2D eigenvalue weighted by atomic mass is 32.1. The lowest BCUT2D eigenvalue weighted by molar-refractivity contribution is -0.130. The first-order valence-corrected chi connectivity index (χ1v) is 9.53. The van der Waals surface area contributed by atoms with Gasteiger partial charge in [0.2, 0.25) is 5.91 Å². The van der Waals surface area contributed by atoms with Gasteiger partial charge in [-0.05, 0) is 33.7 Å². The second kappa shape index (κ2) is 6.87. The van der Waals surface area contributed by atoms with Gasteiger partial charge in [-0.25, -0.2) is 4.98 Å². The molecule has 1 amide bonds. The molecule has 0 radical (unpaired) electrons. The highest BCUT2D eigenvalue weighted by Crippen LogP contribution is 2.32. The Kier molecular flexibility index (Phi) is 5.04. The Morgan fingerprint density at radius 2 is 2.13 bits per heavy atom. The molecule has 3 rings (SSSR count). The Bertz CT molecular complexity index is 561. The maximum atomic E-state index is 12.2. The molecular formula is C17H28N4OS. The Morgan fingerprint density at radius 1 is 1.30 bits per heavy atom. The van der Waals surface area contributed by atoms with E-state index >= 15 is 0 Å². The standard InChI is InChI=1S/C17H28N4OS/c1-4-21-8-7-17(6-5-16(21)22)13-20(10-9-19(17)3)11-15-12-23-14(2)18-15/h12H,4-11,13H2,1-3H3/t17-/m0/s1. The van der Waals surface area contributed by atoms with Crippen LogP contribution in [0.5, 0.6) is 0 Å². The third-order valence-electron chi connectivity index (χ3n) is 5.52. The number of carbonyl (C=O) groups is 1. The summed E-state index contributed by atoms with van der Waals surface area (Å²) in [5, 5.41) is 3.32. The molecular weight excluding hydrogens is 308 g/mol. The van der Waals surface area contributed by atoms with Crippen LogP contribution in [0.25, 0.3) is 0 Å². The van der Waals surface area contributed by atoms with Crippen molar-refractivity contribution >= 4 is 17.2 Å². The molecule has 2 aliphatic heterocycles. The van der Waals surface area contributed by atoms with E-state index in [1.165, 1.54) is 5.69 Å². The molecule has 5 nitrogen and oxygen atoms in total. The maximum absolute atomic E-state index is 12.2. The minimum atomic E-state index is 0.142. The maximum Gasteiger partial charge on any atom is 0.222 e. The van der Waals surface area contributed by atoms with Crippen LogP contribution >= 0.6 is 11.3 Å². The predicted molar refractivity (Wildman–Crippen MR) is 93.6 cm³/mol. The first-order valence-electron chi connectivity index (χ1n) is 8.65. The van der Waals surface area contributed by atoms with Crippen LogP contribution in [0.2, 0.25) is 0 Å². The first-order chi connectivity index (χ1) is 11.0. The molecule has 2 saturated heterocycles. The van der Waals surface area contributed by atoms with Crippen LogP contribution in [0, 0.1) is 6.92 Å². The smallest absolute Gasteiger partial charge is 0.222 e. The topological polar surface area (TPSA) is 39.7 Å². The minimum absolute atomic E-state index is 0.142. The number of hydrogen-bond acceptors (Lipinski definition) is 5. The van der Waals surface area contributed by atoms with Crippen LogP contribution in [0.15, 0.2) is 5.38 Å². The van der Waals surface area contributed by atoms with Crippen molar-refractivity contribution in [2.24, 2.45) is 0 Å². The molecule has 0 N–H and O–H groups in total. The van der Waals surface area contributed by atoms with Crippen LogP contribution < -0.4 is 0 Å². The van der Waals surface area contributed by atoms with Gasteiger partial charge < -0.3 is 4.90 Å². The van der Waals surface area contributed by atoms with E-state index in [9.17, 15) is 4.79 Å². The van der Waals surface area contributed by atoms with Crippen LogP contribution in [0.3, 0.4) is 0 Å². The monoisotopic (exact) mass is 336 g/mol. The Hall–Kier alpha value is -0.980. The lowest BCUT2D eigenvalue weighted by Crippen LogP contribution is -2.60. The molecule has 0 bridgehead atoms. The van der Waals surface area contributed by atoms with Crippen LogP contribution in [-0.2, 0) is 11.3 Å². The molecule has 1 atom stereocenters. The summed E-state index contributed by atoms with van der Waals surface area (Å²) in [4.78, 5) is 23.9. The van der Waals surface area contributed by atoms with Crippen molar-refractivity contribution in [2.75, 3.05) is 39.8 Å². The zero-order chi connectivity index (χ0) is 16.4. The summed E-state index contributed by atoms with van der Waals surface area (Å²) >= 11 is 1.73. The fourth-order valence-electron chi connectivity index (χ4n) is 3.95. The quantitative estimate of drug-likeness (QED) is 0.846. The second-order valence-corrected chi connectivity index (χ2v) is 8.00. The van der Waals surface area contributed by atoms with E-state index in [4.69, 9.17) is 0 Å². The van der Waals surface area contributed by atoms with E-state index in [2.05, 4.69) is 41.1 Å². The Morgan fingerprint density at radius 3 is 2.83 bits per heavy atom. The van der Waals surface area contributed by atoms with Gasteiger partial charge in [-0.2, -0.15) is 0 Å². The average Bonchev–Trinajstić information content (AvgIpc) is 2.86. The van der Waals surface area contributed by atoms with Crippen LogP contribution in [0.4, 0.5) is 0 Å². The summed E-state index contributed by atoms with van der Waals surface area (Å²) in [5.74, 6) is 0.324. The van der Waals surface area contributed by atoms with Gasteiger partial charge in [-0.1, -0.05) is 0 Å². The number of rotatable bonds is 3. The number of piperazine rings is 1. The van der Waals surface area contributed by atoms with Crippen molar-refractivity contribution in [1.82, 2.24) is 19.7 Å². The van der Waals surface area contributed by atoms with Crippen molar-refractivity contribution in [3.8, 4) is 0 Å². The SMILES string of the molecule is CCN1CC[C@@]2(CCC1=O)CN(Cc1csc(C)n1)CCN2C. The van der Waals surface area contributed by atoms with Gasteiger partial charge in [0.05, 0.1) is 10.7 Å². The molecule has 0 aromatic carbocycles. The zero-order valence-corrected chi connectivity index (χ0v) is 15.4. The zero-order valence-electron chi connectivity index (χ0n) is 14.5. The largest absolute Gasteiger partial charge is 0.343 e. The third-order valence-corrected chi connectivity index (χ3v) is 6.34. The van der Waals surface area contributed by atoms with E-state index in [0.717, 1.165) is 57.1 Å². The lowest BCUT2D eigenvalue weighted by atomic mass is 9.86. The van der Waals surface area contributed by atoms with E-state index in [0.29, 0.717) is 12.3 Å². The molecule has 1 aromatic heterocycles. The molecule has 1 spiro atoms. The molecule has 3 heterocycles. The molecule has 0 aliphatic carbocycles. The number of hydrogen-bond donors (Lipinski definition) is 0. The number of aryl methyl sites for hydroxylation is 1. The first kappa shape index (κ1) is 16.9. The van der Waals surface area contributed by atoms with Crippen molar-refractivity contribution < 1.29 is 4.79 Å². The lowest BCUT2D eigenvalue weighted by Gasteiger charge is -2.49. The Balaban J connectivity index is 1.71. The van der Waals surface area contributed by atoms with E-state index in [1.807, 2.05) is 4.90 Å². The van der Waals surface area contributed by atoms with Crippen molar-refractivity contribution in [1.29, 1.82) is 0 Å². The van der Waals surface area contributed by atoms with Gasteiger partial charge >= 0.3 is 0 Å². The Labute approximate surface area is 143 Å². The number of likely N-dealkylation sites (N-methyl/N-ethyl adjacent to an activating group) is 1. The molecule has 2 fully saturated rings. The molecule has 6 heteroatoms. The molecule has 0 unspecified atom stereocenters. The highest BCUT2D eigenvalue weighted by Gasteiger charge is 2.42. The van der Waals surface area contributed by atoms with Crippen LogP contribution in [0.1, 0.15) is 36.9 Å². The van der Waals surface area contributed by atoms with Crippen LogP contribution in [-0.4, -0.2) is 70.9 Å². The highest BCUT2D eigenvalue weighted by molar-refractivity contribution is 7.09.